The summed E-state index contributed by atoms with van der Waals surface area (Å²) in [5.74, 6) is 0.307. The molecule has 26 heavy (non-hydrogen) atoms. The molecule has 0 saturated carbocycles. The predicted molar refractivity (Wildman–Crippen MR) is 94.7 cm³/mol. The molecule has 2 aromatic rings. The summed E-state index contributed by atoms with van der Waals surface area (Å²) in [6, 6.07) is 8.44. The molecular weight excluding hydrogens is 362 g/mol. The Morgan fingerprint density at radius 3 is 2.04 bits per heavy atom. The molecule has 0 heterocycles. The van der Waals surface area contributed by atoms with Crippen LogP contribution in [0.2, 0.25) is 0 Å². The highest BCUT2D eigenvalue weighted by atomic mass is 32.2. The predicted octanol–water partition coefficient (Wildman–Crippen LogP) is 2.30. The van der Waals surface area contributed by atoms with E-state index >= 15 is 0 Å². The van der Waals surface area contributed by atoms with Crippen molar-refractivity contribution >= 4 is 21.7 Å². The summed E-state index contributed by atoms with van der Waals surface area (Å²) in [6.45, 7) is 0. The third kappa shape index (κ3) is 3.99. The average Bonchev–Trinajstić information content (AvgIpc) is 2.66. The molecule has 2 rings (SSSR count). The van der Waals surface area contributed by atoms with E-state index in [1.807, 2.05) is 0 Å². The van der Waals surface area contributed by atoms with Gasteiger partial charge < -0.3 is 18.9 Å². The largest absolute Gasteiger partial charge is 0.493 e. The van der Waals surface area contributed by atoms with Crippen LogP contribution < -0.4 is 18.9 Å². The highest BCUT2D eigenvalue weighted by Crippen LogP contribution is 2.40. The van der Waals surface area contributed by atoms with Crippen LogP contribution in [-0.2, 0) is 14.8 Å². The normalized spacial score (nSPS) is 10.8. The minimum atomic E-state index is -3.96. The van der Waals surface area contributed by atoms with Gasteiger partial charge in [0.15, 0.2) is 11.5 Å². The lowest BCUT2D eigenvalue weighted by atomic mass is 10.2. The number of ether oxygens (including phenoxy) is 4. The molecule has 9 heteroatoms. The van der Waals surface area contributed by atoms with Crippen LogP contribution in [0, 0.1) is 0 Å². The number of carbonyl (C=O) groups is 1. The minimum Gasteiger partial charge on any atom is -0.493 e. The summed E-state index contributed by atoms with van der Waals surface area (Å²) in [4.78, 5) is 11.5. The molecule has 0 saturated heterocycles. The molecule has 0 spiro atoms. The Kier molecular flexibility index (Phi) is 5.93. The van der Waals surface area contributed by atoms with Gasteiger partial charge in [-0.3, -0.25) is 4.72 Å². The van der Waals surface area contributed by atoms with Crippen molar-refractivity contribution in [3.63, 3.8) is 0 Å². The second-order valence-corrected chi connectivity index (χ2v) is 6.72. The van der Waals surface area contributed by atoms with Crippen LogP contribution in [0.3, 0.4) is 0 Å². The number of hydrogen-bond donors (Lipinski definition) is 1. The molecule has 0 bridgehead atoms. The van der Waals surface area contributed by atoms with Crippen molar-refractivity contribution in [1.82, 2.24) is 0 Å². The zero-order valence-electron chi connectivity index (χ0n) is 14.7. The highest BCUT2D eigenvalue weighted by Gasteiger charge is 2.20. The van der Waals surface area contributed by atoms with Gasteiger partial charge in [0.2, 0.25) is 5.75 Å². The van der Waals surface area contributed by atoms with Gasteiger partial charge >= 0.3 is 5.97 Å². The number of carbonyl (C=O) groups excluding carboxylic acids is 1. The number of sulfonamides is 1. The summed E-state index contributed by atoms with van der Waals surface area (Å²) in [6.07, 6.45) is 0. The second-order valence-electron chi connectivity index (χ2n) is 5.04. The van der Waals surface area contributed by atoms with Crippen LogP contribution in [0.5, 0.6) is 17.2 Å². The van der Waals surface area contributed by atoms with Gasteiger partial charge in [-0.05, 0) is 18.2 Å². The smallest absolute Gasteiger partial charge is 0.337 e. The van der Waals surface area contributed by atoms with E-state index in [1.165, 1.54) is 64.8 Å². The third-order valence-corrected chi connectivity index (χ3v) is 4.86. The maximum atomic E-state index is 12.6. The van der Waals surface area contributed by atoms with E-state index in [0.29, 0.717) is 17.2 Å². The first-order valence-electron chi connectivity index (χ1n) is 7.37. The summed E-state index contributed by atoms with van der Waals surface area (Å²) < 4.78 is 47.9. The van der Waals surface area contributed by atoms with Gasteiger partial charge in [0.1, 0.15) is 0 Å². The van der Waals surface area contributed by atoms with E-state index in [-0.39, 0.29) is 16.1 Å². The molecule has 8 nitrogen and oxygen atoms in total. The van der Waals surface area contributed by atoms with Gasteiger partial charge in [-0.1, -0.05) is 6.07 Å². The first kappa shape index (κ1) is 19.4. The van der Waals surface area contributed by atoms with Crippen molar-refractivity contribution in [3.8, 4) is 17.2 Å². The summed E-state index contributed by atoms with van der Waals surface area (Å²) in [5, 5.41) is 0. The summed E-state index contributed by atoms with van der Waals surface area (Å²) in [7, 11) is 1.56. The molecular formula is C17H19NO7S. The highest BCUT2D eigenvalue weighted by molar-refractivity contribution is 7.92. The van der Waals surface area contributed by atoms with Gasteiger partial charge in [-0.25, -0.2) is 13.2 Å². The fourth-order valence-electron chi connectivity index (χ4n) is 2.26. The first-order chi connectivity index (χ1) is 12.4. The SMILES string of the molecule is COC(=O)c1cccc(S(=O)(=O)Nc2cc(OC)c(OC)c(OC)c2)c1. The number of esters is 1. The van der Waals surface area contributed by atoms with E-state index in [2.05, 4.69) is 9.46 Å². The fraction of sp³-hybridized carbons (Fsp3) is 0.235. The molecule has 0 aliphatic heterocycles. The van der Waals surface area contributed by atoms with Crippen LogP contribution in [0.25, 0.3) is 0 Å². The quantitative estimate of drug-likeness (QED) is 0.735. The molecule has 1 N–H and O–H groups in total. The van der Waals surface area contributed by atoms with Crippen LogP contribution in [0.15, 0.2) is 41.3 Å². The van der Waals surface area contributed by atoms with Gasteiger partial charge in [0, 0.05) is 12.1 Å². The molecule has 0 aromatic heterocycles. The first-order valence-corrected chi connectivity index (χ1v) is 8.85. The van der Waals surface area contributed by atoms with Crippen molar-refractivity contribution in [2.45, 2.75) is 4.90 Å². The van der Waals surface area contributed by atoms with Gasteiger partial charge in [0.05, 0.1) is 44.6 Å². The molecule has 2 aromatic carbocycles. The zero-order chi connectivity index (χ0) is 19.3. The number of benzene rings is 2. The Labute approximate surface area is 151 Å². The number of rotatable bonds is 7. The summed E-state index contributed by atoms with van der Waals surface area (Å²) in [5.41, 5.74) is 0.336. The molecule has 0 unspecified atom stereocenters. The van der Waals surface area contributed by atoms with Crippen LogP contribution in [0.1, 0.15) is 10.4 Å². The molecule has 0 aliphatic carbocycles. The standard InChI is InChI=1S/C17H19NO7S/c1-22-14-9-12(10-15(23-2)16(14)24-3)18-26(20,21)13-7-5-6-11(8-13)17(19)25-4/h5-10,18H,1-4H3. The monoisotopic (exact) mass is 381 g/mol. The lowest BCUT2D eigenvalue weighted by Gasteiger charge is -2.15. The van der Waals surface area contributed by atoms with Gasteiger partial charge in [0.25, 0.3) is 10.0 Å². The number of anilines is 1. The average molecular weight is 381 g/mol. The Bertz CT molecular complexity index is 884. The van der Waals surface area contributed by atoms with E-state index in [4.69, 9.17) is 14.2 Å². The van der Waals surface area contributed by atoms with Crippen molar-refractivity contribution in [1.29, 1.82) is 0 Å². The lowest BCUT2D eigenvalue weighted by Crippen LogP contribution is -2.14. The van der Waals surface area contributed by atoms with Crippen LogP contribution in [-0.4, -0.2) is 42.8 Å². The Hall–Kier alpha value is -2.94. The topological polar surface area (TPSA) is 100 Å². The molecule has 0 fully saturated rings. The molecule has 140 valence electrons. The van der Waals surface area contributed by atoms with Crippen LogP contribution >= 0.6 is 0 Å². The number of hydrogen-bond acceptors (Lipinski definition) is 7. The van der Waals surface area contributed by atoms with Gasteiger partial charge in [-0.15, -0.1) is 0 Å². The van der Waals surface area contributed by atoms with E-state index in [9.17, 15) is 13.2 Å². The van der Waals surface area contributed by atoms with Crippen molar-refractivity contribution < 1.29 is 32.2 Å². The number of methoxy groups -OCH3 is 4. The minimum absolute atomic E-state index is 0.0887. The van der Waals surface area contributed by atoms with Crippen molar-refractivity contribution in [2.24, 2.45) is 0 Å². The molecule has 0 aliphatic rings. The Morgan fingerprint density at radius 1 is 0.923 bits per heavy atom. The molecule has 0 amide bonds. The Balaban J connectivity index is 2.42. The Morgan fingerprint density at radius 2 is 1.54 bits per heavy atom. The van der Waals surface area contributed by atoms with Crippen LogP contribution in [0.4, 0.5) is 5.69 Å². The maximum Gasteiger partial charge on any atom is 0.337 e. The summed E-state index contributed by atoms with van der Waals surface area (Å²) >= 11 is 0. The lowest BCUT2D eigenvalue weighted by molar-refractivity contribution is 0.0600. The van der Waals surface area contributed by atoms with E-state index in [0.717, 1.165) is 0 Å². The maximum absolute atomic E-state index is 12.6. The van der Waals surface area contributed by atoms with E-state index < -0.39 is 16.0 Å². The number of nitrogens with one attached hydrogen (secondary N) is 1. The van der Waals surface area contributed by atoms with Gasteiger partial charge in [-0.2, -0.15) is 0 Å². The fourth-order valence-corrected chi connectivity index (χ4v) is 3.35. The zero-order valence-corrected chi connectivity index (χ0v) is 15.5. The second kappa shape index (κ2) is 7.96. The molecule has 0 radical (unpaired) electrons. The van der Waals surface area contributed by atoms with Crippen molar-refractivity contribution in [2.75, 3.05) is 33.2 Å². The molecule has 0 atom stereocenters. The van der Waals surface area contributed by atoms with Crippen molar-refractivity contribution in [3.05, 3.63) is 42.0 Å². The third-order valence-electron chi connectivity index (χ3n) is 3.48. The van der Waals surface area contributed by atoms with E-state index in [1.54, 1.807) is 0 Å².